The number of hydrogen-bond donors (Lipinski definition) is 4. The number of rotatable bonds is 9. The van der Waals surface area contributed by atoms with Gasteiger partial charge in [-0.15, -0.1) is 0 Å². The smallest absolute Gasteiger partial charge is 0.336 e. The maximum absolute atomic E-state index is 13.0. The van der Waals surface area contributed by atoms with E-state index in [1.165, 1.54) is 0 Å². The van der Waals surface area contributed by atoms with Crippen LogP contribution >= 0.6 is 0 Å². The highest BCUT2D eigenvalue weighted by Crippen LogP contribution is 2.22. The van der Waals surface area contributed by atoms with Crippen molar-refractivity contribution >= 4 is 17.8 Å². The summed E-state index contributed by atoms with van der Waals surface area (Å²) in [6.45, 7) is 1.19. The molecule has 0 aliphatic heterocycles. The van der Waals surface area contributed by atoms with Gasteiger partial charge in [0.2, 0.25) is 0 Å². The lowest BCUT2D eigenvalue weighted by Crippen LogP contribution is -2.39. The average Bonchev–Trinajstić information content (AvgIpc) is 2.90. The number of aromatic nitrogens is 2. The van der Waals surface area contributed by atoms with Crippen molar-refractivity contribution < 1.29 is 24.2 Å². The third kappa shape index (κ3) is 6.40. The van der Waals surface area contributed by atoms with Gasteiger partial charge in [-0.3, -0.25) is 14.4 Å². The summed E-state index contributed by atoms with van der Waals surface area (Å²) in [7, 11) is 0. The van der Waals surface area contributed by atoms with Gasteiger partial charge in [-0.2, -0.15) is 5.26 Å². The van der Waals surface area contributed by atoms with Crippen LogP contribution in [0.5, 0.6) is 0 Å². The second kappa shape index (κ2) is 12.0. The lowest BCUT2D eigenvalue weighted by molar-refractivity contribution is -0.152. The minimum atomic E-state index is -1.58. The maximum Gasteiger partial charge on any atom is 0.336 e. The van der Waals surface area contributed by atoms with Crippen molar-refractivity contribution in [3.63, 3.8) is 0 Å². The average molecular weight is 489 g/mol. The van der Waals surface area contributed by atoms with Gasteiger partial charge in [-0.05, 0) is 30.2 Å². The number of nitrogens with one attached hydrogen (secondary N) is 3. The van der Waals surface area contributed by atoms with Crippen LogP contribution in [0.15, 0.2) is 65.6 Å². The molecule has 3 rings (SSSR count). The molecular formula is C25H23N5O6. The maximum atomic E-state index is 13.0. The van der Waals surface area contributed by atoms with Gasteiger partial charge in [0.05, 0.1) is 30.8 Å². The molecule has 0 bridgehead atoms. The van der Waals surface area contributed by atoms with Gasteiger partial charge < -0.3 is 25.5 Å². The Hall–Kier alpha value is -4.82. The lowest BCUT2D eigenvalue weighted by Gasteiger charge is -2.20. The molecule has 1 unspecified atom stereocenters. The van der Waals surface area contributed by atoms with Crippen LogP contribution in [0, 0.1) is 11.3 Å². The van der Waals surface area contributed by atoms with E-state index in [4.69, 9.17) is 5.26 Å². The van der Waals surface area contributed by atoms with E-state index in [1.807, 2.05) is 24.3 Å². The van der Waals surface area contributed by atoms with Crippen LogP contribution in [0.2, 0.25) is 0 Å². The van der Waals surface area contributed by atoms with Crippen LogP contribution < -0.4 is 16.2 Å². The molecule has 0 fully saturated rings. The van der Waals surface area contributed by atoms with Gasteiger partial charge in [0.15, 0.2) is 11.9 Å². The Bertz CT molecular complexity index is 1330. The summed E-state index contributed by atoms with van der Waals surface area (Å²) in [6, 6.07) is 17.1. The second-order valence-electron chi connectivity index (χ2n) is 7.50. The molecule has 0 aliphatic carbocycles. The first-order valence-corrected chi connectivity index (χ1v) is 10.9. The number of aliphatic hydroxyl groups excluding tert-OH is 1. The molecule has 4 N–H and O–H groups in total. The molecule has 0 spiro atoms. The van der Waals surface area contributed by atoms with Gasteiger partial charge in [0.25, 0.3) is 17.4 Å². The predicted molar refractivity (Wildman–Crippen MR) is 127 cm³/mol. The molecule has 0 saturated carbocycles. The van der Waals surface area contributed by atoms with Crippen LogP contribution in [0.4, 0.5) is 0 Å². The van der Waals surface area contributed by atoms with Gasteiger partial charge in [-0.25, -0.2) is 9.78 Å². The van der Waals surface area contributed by atoms with E-state index in [0.717, 1.165) is 11.8 Å². The predicted octanol–water partition coefficient (Wildman–Crippen LogP) is 0.815. The van der Waals surface area contributed by atoms with E-state index in [-0.39, 0.29) is 12.2 Å². The molecule has 0 radical (unpaired) electrons. The Labute approximate surface area is 205 Å². The Morgan fingerprint density at radius 2 is 1.75 bits per heavy atom. The molecule has 1 aromatic heterocycles. The van der Waals surface area contributed by atoms with Crippen molar-refractivity contribution in [2.24, 2.45) is 0 Å². The SMILES string of the molecule is CCOC(=O)[C@H](O)CNC(=O)c1ncc(C(=O)NC(c2ccccc2)c2ccc(C#N)cc2)c(=O)[nH]1. The van der Waals surface area contributed by atoms with Crippen molar-refractivity contribution in [1.82, 2.24) is 20.6 Å². The third-order valence-corrected chi connectivity index (χ3v) is 5.06. The summed E-state index contributed by atoms with van der Waals surface area (Å²) in [5.74, 6) is -2.89. The van der Waals surface area contributed by atoms with Crippen LogP contribution in [0.25, 0.3) is 0 Å². The molecule has 1 heterocycles. The van der Waals surface area contributed by atoms with Crippen LogP contribution in [0.1, 0.15) is 50.6 Å². The van der Waals surface area contributed by atoms with E-state index in [9.17, 15) is 24.3 Å². The number of H-pyrrole nitrogens is 1. The van der Waals surface area contributed by atoms with E-state index in [2.05, 4.69) is 25.3 Å². The summed E-state index contributed by atoms with van der Waals surface area (Å²) in [5, 5.41) is 23.8. The normalized spacial score (nSPS) is 12.0. The highest BCUT2D eigenvalue weighted by Gasteiger charge is 2.22. The zero-order valence-electron chi connectivity index (χ0n) is 19.2. The van der Waals surface area contributed by atoms with E-state index in [1.54, 1.807) is 43.3 Å². The van der Waals surface area contributed by atoms with Crippen LogP contribution in [-0.4, -0.2) is 52.1 Å². The first kappa shape index (κ1) is 25.8. The van der Waals surface area contributed by atoms with Crippen molar-refractivity contribution in [3.05, 3.63) is 99.2 Å². The fraction of sp³-hybridized carbons (Fsp3) is 0.200. The number of carbonyl (C=O) groups is 3. The fourth-order valence-corrected chi connectivity index (χ4v) is 3.23. The first-order chi connectivity index (χ1) is 17.3. The Balaban J connectivity index is 1.76. The minimum Gasteiger partial charge on any atom is -0.464 e. The number of aromatic amines is 1. The summed E-state index contributed by atoms with van der Waals surface area (Å²) < 4.78 is 4.64. The molecule has 184 valence electrons. The standard InChI is InChI=1S/C25H23N5O6/c1-2-36-25(35)19(31)14-28-24(34)21-27-13-18(23(33)30-21)22(32)29-20(16-6-4-3-5-7-16)17-10-8-15(12-26)9-11-17/h3-11,13,19-20,31H,2,14H2,1H3,(H,28,34)(H,29,32)(H,27,30,33)/t19-,20?/m1/s1. The number of benzene rings is 2. The monoisotopic (exact) mass is 489 g/mol. The zero-order chi connectivity index (χ0) is 26.1. The Kier molecular flexibility index (Phi) is 8.63. The third-order valence-electron chi connectivity index (χ3n) is 5.06. The van der Waals surface area contributed by atoms with E-state index in [0.29, 0.717) is 11.1 Å². The zero-order valence-corrected chi connectivity index (χ0v) is 19.2. The Morgan fingerprint density at radius 1 is 1.08 bits per heavy atom. The number of nitrogens with zero attached hydrogens (tertiary/aromatic N) is 2. The first-order valence-electron chi connectivity index (χ1n) is 10.9. The number of nitriles is 1. The van der Waals surface area contributed by atoms with Crippen molar-refractivity contribution in [2.45, 2.75) is 19.1 Å². The molecule has 0 saturated heterocycles. The van der Waals surface area contributed by atoms with E-state index >= 15 is 0 Å². The fourth-order valence-electron chi connectivity index (χ4n) is 3.23. The second-order valence-corrected chi connectivity index (χ2v) is 7.50. The molecule has 2 aromatic carbocycles. The van der Waals surface area contributed by atoms with Crippen LogP contribution in [-0.2, 0) is 9.53 Å². The number of aliphatic hydroxyl groups is 1. The number of carbonyl (C=O) groups excluding carboxylic acids is 3. The van der Waals surface area contributed by atoms with Gasteiger partial charge >= 0.3 is 5.97 Å². The van der Waals surface area contributed by atoms with Crippen molar-refractivity contribution in [3.8, 4) is 6.07 Å². The highest BCUT2D eigenvalue weighted by atomic mass is 16.5. The number of ether oxygens (including phenoxy) is 1. The van der Waals surface area contributed by atoms with Crippen molar-refractivity contribution in [1.29, 1.82) is 5.26 Å². The molecule has 2 atom stereocenters. The molecule has 2 amide bonds. The van der Waals surface area contributed by atoms with Gasteiger partial charge in [-0.1, -0.05) is 42.5 Å². The van der Waals surface area contributed by atoms with E-state index < -0.39 is 47.9 Å². The van der Waals surface area contributed by atoms with Gasteiger partial charge in [0.1, 0.15) is 5.56 Å². The molecule has 3 aromatic rings. The Morgan fingerprint density at radius 3 is 2.36 bits per heavy atom. The number of hydrogen-bond acceptors (Lipinski definition) is 8. The summed E-state index contributed by atoms with van der Waals surface area (Å²) in [5.41, 5.74) is 0.712. The van der Waals surface area contributed by atoms with Crippen LogP contribution in [0.3, 0.4) is 0 Å². The lowest BCUT2D eigenvalue weighted by atomic mass is 9.97. The summed E-state index contributed by atoms with van der Waals surface area (Å²) in [4.78, 5) is 55.3. The topological polar surface area (TPSA) is 174 Å². The summed E-state index contributed by atoms with van der Waals surface area (Å²) >= 11 is 0. The molecule has 11 heteroatoms. The molecule has 11 nitrogen and oxygen atoms in total. The highest BCUT2D eigenvalue weighted by molar-refractivity contribution is 5.95. The number of esters is 1. The molecular weight excluding hydrogens is 466 g/mol. The van der Waals surface area contributed by atoms with Crippen molar-refractivity contribution in [2.75, 3.05) is 13.2 Å². The largest absolute Gasteiger partial charge is 0.464 e. The summed E-state index contributed by atoms with van der Waals surface area (Å²) in [6.07, 6.45) is -0.617. The van der Waals surface area contributed by atoms with Gasteiger partial charge in [0, 0.05) is 6.20 Å². The quantitative estimate of drug-likeness (QED) is 0.319. The minimum absolute atomic E-state index is 0.0680. The molecule has 0 aliphatic rings. The number of amides is 2. The molecule has 36 heavy (non-hydrogen) atoms.